The molecule has 0 aliphatic rings. The molecule has 0 aromatic rings. The van der Waals surface area contributed by atoms with Crippen LogP contribution < -0.4 is 5.73 Å². The van der Waals surface area contributed by atoms with E-state index in [1.165, 1.54) is 12.8 Å². The van der Waals surface area contributed by atoms with Gasteiger partial charge in [-0.2, -0.15) is 0 Å². The van der Waals surface area contributed by atoms with Crippen molar-refractivity contribution in [3.05, 3.63) is 0 Å². The van der Waals surface area contributed by atoms with E-state index in [-0.39, 0.29) is 11.5 Å². The van der Waals surface area contributed by atoms with E-state index in [9.17, 15) is 0 Å². The molecule has 0 spiro atoms. The van der Waals surface area contributed by atoms with Crippen molar-refractivity contribution in [2.45, 2.75) is 78.9 Å². The van der Waals surface area contributed by atoms with Crippen molar-refractivity contribution < 1.29 is 4.74 Å². The molecule has 0 rings (SSSR count). The van der Waals surface area contributed by atoms with E-state index in [1.807, 2.05) is 0 Å². The van der Waals surface area contributed by atoms with E-state index in [4.69, 9.17) is 10.5 Å². The molecule has 19 heavy (non-hydrogen) atoms. The molecule has 0 bridgehead atoms. The van der Waals surface area contributed by atoms with Gasteiger partial charge < -0.3 is 10.5 Å². The van der Waals surface area contributed by atoms with E-state index in [1.54, 1.807) is 7.11 Å². The second kappa shape index (κ2) is 8.93. The average Bonchev–Trinajstić information content (AvgIpc) is 2.34. The Hall–Kier alpha value is -0.120. The molecule has 116 valence electrons. The summed E-state index contributed by atoms with van der Waals surface area (Å²) >= 11 is 0. The molecule has 2 unspecified atom stereocenters. The van der Waals surface area contributed by atoms with Crippen LogP contribution in [0.2, 0.25) is 0 Å². The lowest BCUT2D eigenvalue weighted by atomic mass is 9.79. The van der Waals surface area contributed by atoms with Gasteiger partial charge in [0, 0.05) is 31.8 Å². The molecule has 0 saturated heterocycles. The number of methoxy groups -OCH3 is 1. The minimum absolute atomic E-state index is 0.186. The number of hydrogen-bond acceptors (Lipinski definition) is 3. The largest absolute Gasteiger partial charge is 0.383 e. The fraction of sp³-hybridized carbons (Fsp3) is 1.00. The third kappa shape index (κ3) is 5.80. The average molecular weight is 272 g/mol. The minimum atomic E-state index is 0.186. The van der Waals surface area contributed by atoms with E-state index in [0.717, 1.165) is 19.6 Å². The smallest absolute Gasteiger partial charge is 0.0589 e. The van der Waals surface area contributed by atoms with Crippen LogP contribution in [-0.2, 0) is 4.74 Å². The summed E-state index contributed by atoms with van der Waals surface area (Å²) in [5, 5.41) is 0. The SMILES string of the molecule is CCC(N)C(N(CCOC)C(CC)CC)C(C)(C)C. The Morgan fingerprint density at radius 2 is 1.58 bits per heavy atom. The van der Waals surface area contributed by atoms with Gasteiger partial charge in [0.1, 0.15) is 0 Å². The second-order valence-corrected chi connectivity index (χ2v) is 6.58. The van der Waals surface area contributed by atoms with E-state index in [2.05, 4.69) is 46.4 Å². The molecule has 0 heterocycles. The first kappa shape index (κ1) is 18.9. The maximum absolute atomic E-state index is 6.44. The van der Waals surface area contributed by atoms with E-state index >= 15 is 0 Å². The molecule has 3 heteroatoms. The zero-order valence-corrected chi connectivity index (χ0v) is 14.2. The number of hydrogen-bond donors (Lipinski definition) is 1. The molecule has 0 aromatic heterocycles. The topological polar surface area (TPSA) is 38.5 Å². The van der Waals surface area contributed by atoms with Crippen LogP contribution in [0.15, 0.2) is 0 Å². The van der Waals surface area contributed by atoms with Crippen LogP contribution in [0.25, 0.3) is 0 Å². The standard InChI is InChI=1S/C16H36N2O/c1-8-13(9-2)18(11-12-19-7)15(14(17)10-3)16(4,5)6/h13-15H,8-12,17H2,1-7H3. The van der Waals surface area contributed by atoms with E-state index in [0.29, 0.717) is 12.1 Å². The molecule has 0 radical (unpaired) electrons. The predicted molar refractivity (Wildman–Crippen MR) is 84.5 cm³/mol. The van der Waals surface area contributed by atoms with Crippen LogP contribution in [0, 0.1) is 5.41 Å². The number of nitrogens with two attached hydrogens (primary N) is 1. The van der Waals surface area contributed by atoms with Crippen molar-refractivity contribution in [1.29, 1.82) is 0 Å². The van der Waals surface area contributed by atoms with Gasteiger partial charge in [0.05, 0.1) is 6.61 Å². The highest BCUT2D eigenvalue weighted by molar-refractivity contribution is 4.93. The first-order valence-electron chi connectivity index (χ1n) is 7.83. The number of rotatable bonds is 9. The lowest BCUT2D eigenvalue weighted by molar-refractivity contribution is 0.0162. The summed E-state index contributed by atoms with van der Waals surface area (Å²) in [5.41, 5.74) is 6.63. The summed E-state index contributed by atoms with van der Waals surface area (Å²) in [4.78, 5) is 2.59. The predicted octanol–water partition coefficient (Wildman–Crippen LogP) is 3.28. The molecular formula is C16H36N2O. The molecule has 2 N–H and O–H groups in total. The first-order valence-corrected chi connectivity index (χ1v) is 7.83. The third-order valence-corrected chi connectivity index (χ3v) is 4.09. The van der Waals surface area contributed by atoms with Crippen LogP contribution >= 0.6 is 0 Å². The third-order valence-electron chi connectivity index (χ3n) is 4.09. The molecular weight excluding hydrogens is 236 g/mol. The van der Waals surface area contributed by atoms with Gasteiger partial charge in [-0.1, -0.05) is 41.5 Å². The zero-order chi connectivity index (χ0) is 15.1. The Balaban J connectivity index is 5.22. The molecule has 0 aromatic carbocycles. The van der Waals surface area contributed by atoms with Crippen molar-refractivity contribution >= 4 is 0 Å². The summed E-state index contributed by atoms with van der Waals surface area (Å²) < 4.78 is 5.31. The van der Waals surface area contributed by atoms with Crippen molar-refractivity contribution in [1.82, 2.24) is 4.90 Å². The van der Waals surface area contributed by atoms with Crippen molar-refractivity contribution in [2.24, 2.45) is 11.1 Å². The fourth-order valence-electron chi connectivity index (χ4n) is 3.11. The monoisotopic (exact) mass is 272 g/mol. The van der Waals surface area contributed by atoms with Gasteiger partial charge in [-0.25, -0.2) is 0 Å². The highest BCUT2D eigenvalue weighted by Gasteiger charge is 2.36. The highest BCUT2D eigenvalue weighted by Crippen LogP contribution is 2.30. The van der Waals surface area contributed by atoms with Gasteiger partial charge in [-0.3, -0.25) is 4.90 Å². The normalized spacial score (nSPS) is 16.1. The lowest BCUT2D eigenvalue weighted by Gasteiger charge is -2.47. The molecule has 3 nitrogen and oxygen atoms in total. The van der Waals surface area contributed by atoms with Crippen LogP contribution in [0.1, 0.15) is 60.8 Å². The van der Waals surface area contributed by atoms with Crippen molar-refractivity contribution in [3.63, 3.8) is 0 Å². The quantitative estimate of drug-likeness (QED) is 0.700. The van der Waals surface area contributed by atoms with Crippen molar-refractivity contribution in [3.8, 4) is 0 Å². The van der Waals surface area contributed by atoms with Crippen LogP contribution in [-0.4, -0.2) is 43.3 Å². The summed E-state index contributed by atoms with van der Waals surface area (Å²) in [6.07, 6.45) is 3.36. The summed E-state index contributed by atoms with van der Waals surface area (Å²) in [6.45, 7) is 15.4. The Morgan fingerprint density at radius 3 is 1.89 bits per heavy atom. The Labute approximate surface area is 120 Å². The first-order chi connectivity index (χ1) is 8.83. The molecule has 0 aliphatic heterocycles. The van der Waals surface area contributed by atoms with Crippen LogP contribution in [0.5, 0.6) is 0 Å². The van der Waals surface area contributed by atoms with Gasteiger partial charge in [0.15, 0.2) is 0 Å². The minimum Gasteiger partial charge on any atom is -0.383 e. The molecule has 2 atom stereocenters. The summed E-state index contributed by atoms with van der Waals surface area (Å²) in [5.74, 6) is 0. The molecule has 0 saturated carbocycles. The Morgan fingerprint density at radius 1 is 1.05 bits per heavy atom. The fourth-order valence-corrected chi connectivity index (χ4v) is 3.11. The van der Waals surface area contributed by atoms with Crippen LogP contribution in [0.4, 0.5) is 0 Å². The second-order valence-electron chi connectivity index (χ2n) is 6.58. The highest BCUT2D eigenvalue weighted by atomic mass is 16.5. The maximum Gasteiger partial charge on any atom is 0.0589 e. The van der Waals surface area contributed by atoms with Gasteiger partial charge in [-0.15, -0.1) is 0 Å². The van der Waals surface area contributed by atoms with E-state index < -0.39 is 0 Å². The van der Waals surface area contributed by atoms with Gasteiger partial charge >= 0.3 is 0 Å². The van der Waals surface area contributed by atoms with Gasteiger partial charge in [0.2, 0.25) is 0 Å². The summed E-state index contributed by atoms with van der Waals surface area (Å²) in [6, 6.07) is 1.21. The van der Waals surface area contributed by atoms with Gasteiger partial charge in [-0.05, 0) is 24.7 Å². The Bertz CT molecular complexity index is 221. The summed E-state index contributed by atoms with van der Waals surface area (Å²) in [7, 11) is 1.77. The maximum atomic E-state index is 6.44. The molecule has 0 amide bonds. The molecule has 0 aliphatic carbocycles. The van der Waals surface area contributed by atoms with Gasteiger partial charge in [0.25, 0.3) is 0 Å². The van der Waals surface area contributed by atoms with Crippen molar-refractivity contribution in [2.75, 3.05) is 20.3 Å². The van der Waals surface area contributed by atoms with Crippen LogP contribution in [0.3, 0.4) is 0 Å². The Kier molecular flexibility index (Phi) is 8.88. The molecule has 0 fully saturated rings. The zero-order valence-electron chi connectivity index (χ0n) is 14.2. The number of ether oxygens (including phenoxy) is 1. The number of nitrogens with zero attached hydrogens (tertiary/aromatic N) is 1. The lowest BCUT2D eigenvalue weighted by Crippen LogP contribution is -2.58.